The monoisotopic (exact) mass is 1060 g/mol. The summed E-state index contributed by atoms with van der Waals surface area (Å²) in [7, 11) is 0. The van der Waals surface area contributed by atoms with Crippen molar-refractivity contribution >= 4 is 41.4 Å². The first-order chi connectivity index (χ1) is 36.9. The highest BCUT2D eigenvalue weighted by Crippen LogP contribution is 2.28. The summed E-state index contributed by atoms with van der Waals surface area (Å²) in [5.41, 5.74) is 10.9. The van der Waals surface area contributed by atoms with Crippen LogP contribution in [-0.4, -0.2) is 158 Å². The normalized spacial score (nSPS) is 24.8. The molecule has 20 heteroatoms. The molecule has 7 rings (SSSR count). The summed E-state index contributed by atoms with van der Waals surface area (Å²) in [4.78, 5) is 101. The molecule has 1 unspecified atom stereocenters. The number of unbranched alkanes of at least 4 members (excludes halogenated alkanes) is 2. The highest BCUT2D eigenvalue weighted by atomic mass is 16.5. The maximum atomic E-state index is 14.4. The van der Waals surface area contributed by atoms with Crippen LogP contribution >= 0.6 is 0 Å². The number of aliphatic hydroxyl groups excluding tert-OH is 3. The van der Waals surface area contributed by atoms with Gasteiger partial charge in [0.1, 0.15) is 47.8 Å². The van der Waals surface area contributed by atoms with Crippen molar-refractivity contribution in [1.29, 1.82) is 0 Å². The van der Waals surface area contributed by atoms with Gasteiger partial charge in [0, 0.05) is 37.7 Å². The molecule has 0 aliphatic carbocycles. The molecule has 0 aromatic heterocycles. The predicted molar refractivity (Wildman–Crippen MR) is 286 cm³/mol. The van der Waals surface area contributed by atoms with Crippen molar-refractivity contribution in [3.8, 4) is 33.8 Å². The molecule has 3 aliphatic heterocycles. The van der Waals surface area contributed by atoms with E-state index in [2.05, 4.69) is 33.5 Å². The van der Waals surface area contributed by atoms with Crippen molar-refractivity contribution in [2.24, 2.45) is 5.73 Å². The average molecular weight is 1060 g/mol. The van der Waals surface area contributed by atoms with Crippen LogP contribution in [0.1, 0.15) is 88.1 Å². The third kappa shape index (κ3) is 15.0. The van der Waals surface area contributed by atoms with Crippen LogP contribution < -0.4 is 37.1 Å². The van der Waals surface area contributed by atoms with E-state index in [1.807, 2.05) is 48.5 Å². The molecule has 77 heavy (non-hydrogen) atoms. The molecule has 7 amide bonds. The number of carbonyl (C=O) groups is 7. The van der Waals surface area contributed by atoms with E-state index in [0.29, 0.717) is 12.2 Å². The van der Waals surface area contributed by atoms with Gasteiger partial charge in [-0.05, 0) is 117 Å². The van der Waals surface area contributed by atoms with Gasteiger partial charge < -0.3 is 67.3 Å². The van der Waals surface area contributed by atoms with Gasteiger partial charge >= 0.3 is 0 Å². The fraction of sp³-hybridized carbons (Fsp3) is 0.456. The molecule has 0 saturated carbocycles. The summed E-state index contributed by atoms with van der Waals surface area (Å²) in [5, 5.41) is 56.0. The molecule has 0 radical (unpaired) electrons. The molecule has 20 nitrogen and oxygen atoms in total. The number of hydrogen-bond donors (Lipinski definition) is 10. The lowest BCUT2D eigenvalue weighted by molar-refractivity contribution is -0.145. The van der Waals surface area contributed by atoms with Crippen LogP contribution in [-0.2, 0) is 35.2 Å². The lowest BCUT2D eigenvalue weighted by Crippen LogP contribution is -2.61. The lowest BCUT2D eigenvalue weighted by Gasteiger charge is -2.32. The van der Waals surface area contributed by atoms with Crippen LogP contribution in [0.25, 0.3) is 22.3 Å². The minimum Gasteiger partial charge on any atom is -0.508 e. The number of phenols is 1. The van der Waals surface area contributed by atoms with Gasteiger partial charge in [0.25, 0.3) is 5.91 Å². The molecule has 3 aliphatic rings. The van der Waals surface area contributed by atoms with Crippen LogP contribution in [0.3, 0.4) is 0 Å². The Kier molecular flexibility index (Phi) is 19.8. The average Bonchev–Trinajstić information content (AvgIpc) is 4.06. The minimum atomic E-state index is -1.68. The van der Waals surface area contributed by atoms with E-state index in [-0.39, 0.29) is 69.5 Å². The number of amides is 7. The van der Waals surface area contributed by atoms with E-state index in [9.17, 15) is 54.0 Å². The van der Waals surface area contributed by atoms with Crippen LogP contribution in [0.2, 0.25) is 0 Å². The van der Waals surface area contributed by atoms with Crippen molar-refractivity contribution in [3.05, 3.63) is 108 Å². The molecule has 11 N–H and O–H groups in total. The van der Waals surface area contributed by atoms with Crippen LogP contribution in [0, 0.1) is 0 Å². The second-order valence-corrected chi connectivity index (χ2v) is 20.3. The van der Waals surface area contributed by atoms with Gasteiger partial charge in [0.2, 0.25) is 35.4 Å². The Labute approximate surface area is 448 Å². The molecule has 412 valence electrons. The van der Waals surface area contributed by atoms with E-state index in [0.717, 1.165) is 52.2 Å². The number of aromatic hydroxyl groups is 1. The second kappa shape index (κ2) is 26.6. The second-order valence-electron chi connectivity index (χ2n) is 20.3. The Bertz CT molecular complexity index is 2690. The number of phenolic OH excluding ortho intramolecular Hbond substituents is 1. The third-order valence-electron chi connectivity index (χ3n) is 14.3. The molecule has 0 spiro atoms. The molecule has 3 fully saturated rings. The summed E-state index contributed by atoms with van der Waals surface area (Å²) < 4.78 is 5.86. The van der Waals surface area contributed by atoms with E-state index in [1.165, 1.54) is 30.9 Å². The number of rotatable bonds is 14. The SMILES string of the molecule is CCCCCOc1ccc(-c2ccc(-c3ccc(C(=O)N[C@H]4CCCNC(=O)[C@@H]5C[C@H](N)CN5C(=O)[C@@H]([C@H](C)O)NC(=O)C(CCc5ccc(O)cc5)NC(=O)[C@@H]5C[C@@H](O)CN5C(=O)[C@H]([C@@H](C)O)NC4=O)cc3)cc2)cc1. The first-order valence-corrected chi connectivity index (χ1v) is 26.5. The first-order valence-electron chi connectivity index (χ1n) is 26.5. The number of nitrogens with one attached hydrogen (secondary N) is 5. The van der Waals surface area contributed by atoms with Gasteiger partial charge in [-0.3, -0.25) is 33.6 Å². The van der Waals surface area contributed by atoms with Crippen LogP contribution in [0.4, 0.5) is 0 Å². The molecular weight excluding hydrogens is 989 g/mol. The van der Waals surface area contributed by atoms with E-state index < -0.39 is 102 Å². The Balaban J connectivity index is 1.11. The van der Waals surface area contributed by atoms with Gasteiger partial charge in [-0.2, -0.15) is 0 Å². The van der Waals surface area contributed by atoms with E-state index in [1.54, 1.807) is 36.4 Å². The Morgan fingerprint density at radius 1 is 0.701 bits per heavy atom. The lowest BCUT2D eigenvalue weighted by atomic mass is 9.99. The summed E-state index contributed by atoms with van der Waals surface area (Å²) in [6.07, 6.45) is -1.12. The fourth-order valence-corrected chi connectivity index (χ4v) is 9.92. The minimum absolute atomic E-state index is 0.00318. The van der Waals surface area contributed by atoms with Crippen molar-refractivity contribution in [1.82, 2.24) is 36.4 Å². The van der Waals surface area contributed by atoms with Crippen LogP contribution in [0.5, 0.6) is 11.5 Å². The molecule has 0 bridgehead atoms. The zero-order chi connectivity index (χ0) is 55.3. The number of hydrogen-bond acceptors (Lipinski definition) is 13. The van der Waals surface area contributed by atoms with Gasteiger partial charge in [-0.1, -0.05) is 80.4 Å². The molecule has 4 aromatic carbocycles. The fourth-order valence-electron chi connectivity index (χ4n) is 9.92. The number of nitrogens with two attached hydrogens (primary N) is 1. The Hall–Kier alpha value is -7.39. The Morgan fingerprint density at radius 3 is 1.83 bits per heavy atom. The number of aryl methyl sites for hydroxylation is 1. The number of fused-ring (bicyclic) bond motifs is 2. The standard InChI is InChI=1S/C57H72N8O12/c1-4-5-6-28-77-44-24-20-39(21-25-44)37-14-12-36(13-15-37)38-16-18-40(19-17-38)51(70)60-45-8-7-27-59-54(73)47-29-41(58)31-64(47)56(75)49(33(2)66)63-53(72)46(26-11-35-9-22-42(68)23-10-35)61-55(74)48-30-43(69)32-65(48)57(76)50(34(3)67)62-52(45)71/h9-10,12-25,33-34,41,43,45-50,66-69H,4-8,11,26-32,58H2,1-3H3,(H,59,73)(H,60,70)(H,61,74)(H,62,71)(H,63,72)/t33-,34+,41-,43+,45-,46?,47-,48-,49+,50-/m0/s1. The molecule has 3 saturated heterocycles. The molecule has 4 aromatic rings. The van der Waals surface area contributed by atoms with Gasteiger partial charge in [-0.15, -0.1) is 0 Å². The van der Waals surface area contributed by atoms with Crippen molar-refractivity contribution < 1.29 is 58.7 Å². The summed E-state index contributed by atoms with van der Waals surface area (Å²) >= 11 is 0. The maximum Gasteiger partial charge on any atom is 0.251 e. The van der Waals surface area contributed by atoms with Crippen molar-refractivity contribution in [2.75, 3.05) is 26.2 Å². The number of nitrogens with zero attached hydrogens (tertiary/aromatic N) is 2. The van der Waals surface area contributed by atoms with Crippen LogP contribution in [0.15, 0.2) is 97.1 Å². The van der Waals surface area contributed by atoms with E-state index >= 15 is 0 Å². The van der Waals surface area contributed by atoms with Crippen molar-refractivity contribution in [2.45, 2.75) is 139 Å². The molecular formula is C57H72N8O12. The van der Waals surface area contributed by atoms with Gasteiger partial charge in [0.05, 0.1) is 24.9 Å². The zero-order valence-corrected chi connectivity index (χ0v) is 43.7. The molecule has 3 heterocycles. The van der Waals surface area contributed by atoms with E-state index in [4.69, 9.17) is 10.5 Å². The quantitative estimate of drug-likeness (QED) is 0.0811. The number of ether oxygens (including phenoxy) is 1. The number of aliphatic hydroxyl groups is 3. The smallest absolute Gasteiger partial charge is 0.251 e. The highest BCUT2D eigenvalue weighted by Gasteiger charge is 2.46. The highest BCUT2D eigenvalue weighted by molar-refractivity contribution is 6.00. The summed E-state index contributed by atoms with van der Waals surface area (Å²) in [5.74, 6) is -4.76. The zero-order valence-electron chi connectivity index (χ0n) is 43.7. The van der Waals surface area contributed by atoms with Gasteiger partial charge in [-0.25, -0.2) is 0 Å². The summed E-state index contributed by atoms with van der Waals surface area (Å²) in [6, 6.07) is 19.7. The largest absolute Gasteiger partial charge is 0.508 e. The Morgan fingerprint density at radius 2 is 1.25 bits per heavy atom. The summed E-state index contributed by atoms with van der Waals surface area (Å²) in [6.45, 7) is 4.87. The third-order valence-corrected chi connectivity index (χ3v) is 14.3. The number of carbonyl (C=O) groups excluding carboxylic acids is 7. The van der Waals surface area contributed by atoms with Gasteiger partial charge in [0.15, 0.2) is 0 Å². The first kappa shape index (κ1) is 57.3. The topological polar surface area (TPSA) is 302 Å². The number of benzene rings is 4. The molecule has 10 atom stereocenters. The van der Waals surface area contributed by atoms with Crippen molar-refractivity contribution in [3.63, 3.8) is 0 Å². The predicted octanol–water partition coefficient (Wildman–Crippen LogP) is 2.04. The maximum absolute atomic E-state index is 14.4.